The van der Waals surface area contributed by atoms with Gasteiger partial charge >= 0.3 is 0 Å². The van der Waals surface area contributed by atoms with Crippen molar-refractivity contribution in [2.75, 3.05) is 0 Å². The van der Waals surface area contributed by atoms with Crippen LogP contribution in [0.25, 0.3) is 0 Å². The van der Waals surface area contributed by atoms with Crippen molar-refractivity contribution < 1.29 is 0 Å². The first-order valence-corrected chi connectivity index (χ1v) is 2.75. The Labute approximate surface area is 47.7 Å². The van der Waals surface area contributed by atoms with E-state index in [1.165, 1.54) is 11.9 Å². The van der Waals surface area contributed by atoms with Crippen LogP contribution in [-0.2, 0) is 0 Å². The molecule has 0 aliphatic rings. The van der Waals surface area contributed by atoms with E-state index >= 15 is 0 Å². The highest BCUT2D eigenvalue weighted by atomic mass is 32.2. The lowest BCUT2D eigenvalue weighted by Crippen LogP contribution is -1.71. The summed E-state index contributed by atoms with van der Waals surface area (Å²) in [6, 6.07) is 0. The molecule has 2 nitrogen and oxygen atoms in total. The lowest BCUT2D eigenvalue weighted by Gasteiger charge is -1.81. The second-order valence-electron chi connectivity index (χ2n) is 1.01. The van der Waals surface area contributed by atoms with Crippen LogP contribution in [0.15, 0.2) is 4.40 Å². The molecule has 3 heteroatoms. The Hall–Kier alpha value is -0.310. The Morgan fingerprint density at radius 3 is 2.57 bits per heavy atom. The van der Waals surface area contributed by atoms with Gasteiger partial charge < -0.3 is 0 Å². The zero-order valence-electron chi connectivity index (χ0n) is 4.43. The van der Waals surface area contributed by atoms with E-state index in [9.17, 15) is 0 Å². The van der Waals surface area contributed by atoms with Crippen molar-refractivity contribution in [3.8, 4) is 0 Å². The third-order valence-electron chi connectivity index (χ3n) is 0.295. The summed E-state index contributed by atoms with van der Waals surface area (Å²) in [4.78, 5) is 0. The highest BCUT2D eigenvalue weighted by Gasteiger charge is 1.78. The summed E-state index contributed by atoms with van der Waals surface area (Å²) in [5.41, 5.74) is 0. The largest absolute Gasteiger partial charge is 0.297 e. The van der Waals surface area contributed by atoms with Gasteiger partial charge in [-0.05, 0) is 13.8 Å². The zero-order chi connectivity index (χ0) is 5.70. The first-order chi connectivity index (χ1) is 3.27. The summed E-state index contributed by atoms with van der Waals surface area (Å²) in [6.45, 7) is 3.54. The molecule has 0 heterocycles. The van der Waals surface area contributed by atoms with Crippen molar-refractivity contribution in [3.05, 3.63) is 0 Å². The third kappa shape index (κ3) is 5.69. The number of hydrogen-bond acceptors (Lipinski definition) is 3. The van der Waals surface area contributed by atoms with Gasteiger partial charge in [0, 0.05) is 18.2 Å². The number of nitrogens with one attached hydrogen (secondary N) is 1. The topological polar surface area (TPSA) is 36.2 Å². The minimum Gasteiger partial charge on any atom is -0.297 e. The molecule has 0 spiro atoms. The minimum absolute atomic E-state index is 0.526. The first-order valence-electron chi connectivity index (χ1n) is 1.97. The van der Waals surface area contributed by atoms with E-state index in [0.717, 1.165) is 0 Å². The van der Waals surface area contributed by atoms with E-state index in [0.29, 0.717) is 5.04 Å². The maximum atomic E-state index is 6.85. The maximum absolute atomic E-state index is 6.85. The average Bonchev–Trinajstić information content (AvgIpc) is 1.61. The molecule has 0 bridgehead atoms. The van der Waals surface area contributed by atoms with Crippen LogP contribution < -0.4 is 0 Å². The Balaban J connectivity index is 3.14. The van der Waals surface area contributed by atoms with Gasteiger partial charge in [-0.15, -0.1) is 0 Å². The molecule has 0 aromatic heterocycles. The van der Waals surface area contributed by atoms with Crippen LogP contribution in [0.4, 0.5) is 0 Å². The third-order valence-corrected chi connectivity index (χ3v) is 0.885. The summed E-state index contributed by atoms with van der Waals surface area (Å²) < 4.78 is 3.74. The second kappa shape index (κ2) is 3.87. The van der Waals surface area contributed by atoms with Crippen molar-refractivity contribution >= 4 is 23.2 Å². The highest BCUT2D eigenvalue weighted by molar-refractivity contribution is 8.12. The molecule has 0 atom stereocenters. The lowest BCUT2D eigenvalue weighted by atomic mass is 10.9. The molecule has 0 radical (unpaired) electrons. The quantitative estimate of drug-likeness (QED) is 0.316. The molecule has 0 aliphatic heterocycles. The Bertz CT molecular complexity index is 87.7. The van der Waals surface area contributed by atoms with E-state index in [1.807, 2.05) is 6.92 Å². The van der Waals surface area contributed by atoms with Gasteiger partial charge in [0.25, 0.3) is 0 Å². The van der Waals surface area contributed by atoms with Crippen LogP contribution in [-0.4, -0.2) is 11.3 Å². The Morgan fingerprint density at radius 1 is 1.86 bits per heavy atom. The molecule has 40 valence electrons. The molecule has 0 amide bonds. The molecule has 0 fully saturated rings. The van der Waals surface area contributed by atoms with Gasteiger partial charge in [-0.25, -0.2) is 4.40 Å². The van der Waals surface area contributed by atoms with E-state index in [1.54, 1.807) is 13.1 Å². The monoisotopic (exact) mass is 116 g/mol. The number of rotatable bonds is 1. The van der Waals surface area contributed by atoms with E-state index in [-0.39, 0.29) is 0 Å². The molecule has 0 aromatic rings. The molecule has 0 rings (SSSR count). The highest BCUT2D eigenvalue weighted by Crippen LogP contribution is 1.99. The summed E-state index contributed by atoms with van der Waals surface area (Å²) in [5, 5.41) is 7.37. The van der Waals surface area contributed by atoms with E-state index in [2.05, 4.69) is 4.40 Å². The van der Waals surface area contributed by atoms with Crippen molar-refractivity contribution in [2.24, 2.45) is 4.40 Å². The lowest BCUT2D eigenvalue weighted by molar-refractivity contribution is 1.53. The summed E-state index contributed by atoms with van der Waals surface area (Å²) >= 11 is 1.18. The van der Waals surface area contributed by atoms with Crippen LogP contribution in [0.5, 0.6) is 0 Å². The predicted octanol–water partition coefficient (Wildman–Crippen LogP) is 1.72. The molecule has 1 N–H and O–H groups in total. The number of hydrogen-bond donors (Lipinski definition) is 1. The number of nitrogens with zero attached hydrogens (tertiary/aromatic N) is 1. The Kier molecular flexibility index (Phi) is 3.69. The molecule has 0 saturated carbocycles. The molecule has 0 aromatic carbocycles. The molecule has 0 unspecified atom stereocenters. The smallest absolute Gasteiger partial charge is 0.0838 e. The first kappa shape index (κ1) is 6.69. The zero-order valence-corrected chi connectivity index (χ0v) is 5.25. The van der Waals surface area contributed by atoms with Gasteiger partial charge in [0.15, 0.2) is 0 Å². The van der Waals surface area contributed by atoms with Crippen molar-refractivity contribution in [2.45, 2.75) is 13.8 Å². The van der Waals surface area contributed by atoms with Gasteiger partial charge in [0.2, 0.25) is 0 Å². The van der Waals surface area contributed by atoms with Gasteiger partial charge in [0.1, 0.15) is 0 Å². The molecule has 0 saturated heterocycles. The molecule has 7 heavy (non-hydrogen) atoms. The van der Waals surface area contributed by atoms with Crippen LogP contribution in [0.2, 0.25) is 0 Å². The van der Waals surface area contributed by atoms with Crippen molar-refractivity contribution in [1.29, 1.82) is 5.41 Å². The molecular formula is C4H8N2S. The normalized spacial score (nSPS) is 10.0. The van der Waals surface area contributed by atoms with Gasteiger partial charge in [-0.3, -0.25) is 5.41 Å². The van der Waals surface area contributed by atoms with Gasteiger partial charge in [-0.2, -0.15) is 0 Å². The van der Waals surface area contributed by atoms with Crippen LogP contribution in [0.3, 0.4) is 0 Å². The predicted molar refractivity (Wildman–Crippen MR) is 35.2 cm³/mol. The van der Waals surface area contributed by atoms with Gasteiger partial charge in [-0.1, -0.05) is 0 Å². The fraction of sp³-hybridized carbons (Fsp3) is 0.500. The summed E-state index contributed by atoms with van der Waals surface area (Å²) in [7, 11) is 0. The van der Waals surface area contributed by atoms with E-state index < -0.39 is 0 Å². The molecule has 0 aliphatic carbocycles. The van der Waals surface area contributed by atoms with E-state index in [4.69, 9.17) is 5.41 Å². The Morgan fingerprint density at radius 2 is 2.43 bits per heavy atom. The maximum Gasteiger partial charge on any atom is 0.0838 e. The fourth-order valence-corrected chi connectivity index (χ4v) is 0.395. The molecular weight excluding hydrogens is 108 g/mol. The SMILES string of the molecule is CC=NSC(C)=N. The van der Waals surface area contributed by atoms with Gasteiger partial charge in [0.05, 0.1) is 5.04 Å². The average molecular weight is 116 g/mol. The van der Waals surface area contributed by atoms with Crippen LogP contribution in [0.1, 0.15) is 13.8 Å². The van der Waals surface area contributed by atoms with Crippen molar-refractivity contribution in [1.82, 2.24) is 0 Å². The minimum atomic E-state index is 0.526. The summed E-state index contributed by atoms with van der Waals surface area (Å²) in [6.07, 6.45) is 1.67. The van der Waals surface area contributed by atoms with Crippen LogP contribution in [0, 0.1) is 5.41 Å². The summed E-state index contributed by atoms with van der Waals surface area (Å²) in [5.74, 6) is 0. The van der Waals surface area contributed by atoms with Crippen molar-refractivity contribution in [3.63, 3.8) is 0 Å². The second-order valence-corrected chi connectivity index (χ2v) is 2.02. The standard InChI is InChI=1S/C4H8N2S/c1-3-6-7-4(2)5/h3,5H,1-2H3. The van der Waals surface area contributed by atoms with Crippen LogP contribution >= 0.6 is 11.9 Å². The fourth-order valence-electron chi connectivity index (χ4n) is 0.132.